The molecule has 1 aliphatic carbocycles. The Morgan fingerprint density at radius 1 is 1.33 bits per heavy atom. The molecule has 0 unspecified atom stereocenters. The van der Waals surface area contributed by atoms with Gasteiger partial charge in [-0.1, -0.05) is 12.1 Å². The molecule has 1 fully saturated rings. The zero-order valence-electron chi connectivity index (χ0n) is 10.5. The Bertz CT molecular complexity index is 539. The molecule has 2 rings (SSSR count). The van der Waals surface area contributed by atoms with Crippen LogP contribution in [0.5, 0.6) is 0 Å². The maximum absolute atomic E-state index is 12.2. The van der Waals surface area contributed by atoms with E-state index in [1.54, 1.807) is 18.2 Å². The maximum Gasteiger partial charge on any atom is 0.244 e. The van der Waals surface area contributed by atoms with Crippen LogP contribution in [-0.4, -0.2) is 38.2 Å². The number of nitrogens with zero attached hydrogens (tertiary/aromatic N) is 1. The van der Waals surface area contributed by atoms with Gasteiger partial charge in [0.15, 0.2) is 0 Å². The fourth-order valence-electron chi connectivity index (χ4n) is 1.72. The topological polar surface area (TPSA) is 49.4 Å². The van der Waals surface area contributed by atoms with Gasteiger partial charge in [0.2, 0.25) is 10.0 Å². The molecule has 0 bridgehead atoms. The van der Waals surface area contributed by atoms with Crippen LogP contribution >= 0.6 is 11.6 Å². The quantitative estimate of drug-likeness (QED) is 0.845. The lowest BCUT2D eigenvalue weighted by Crippen LogP contribution is -2.27. The third-order valence-electron chi connectivity index (χ3n) is 3.15. The van der Waals surface area contributed by atoms with Crippen molar-refractivity contribution in [2.45, 2.75) is 23.3 Å². The van der Waals surface area contributed by atoms with Crippen LogP contribution in [-0.2, 0) is 10.0 Å². The Morgan fingerprint density at radius 2 is 1.94 bits per heavy atom. The average molecular weight is 289 g/mol. The fraction of sp³-hybridized carbons (Fsp3) is 0.500. The van der Waals surface area contributed by atoms with E-state index in [4.69, 9.17) is 11.6 Å². The number of hydrogen-bond acceptors (Lipinski definition) is 3. The summed E-state index contributed by atoms with van der Waals surface area (Å²) in [5.41, 5.74) is 0.504. The molecule has 1 saturated carbocycles. The van der Waals surface area contributed by atoms with Crippen molar-refractivity contribution in [1.29, 1.82) is 0 Å². The lowest BCUT2D eigenvalue weighted by atomic mass is 10.2. The van der Waals surface area contributed by atoms with E-state index < -0.39 is 10.0 Å². The number of nitrogens with one attached hydrogen (secondary N) is 1. The van der Waals surface area contributed by atoms with Crippen molar-refractivity contribution in [2.75, 3.05) is 25.3 Å². The van der Waals surface area contributed by atoms with Crippen molar-refractivity contribution in [1.82, 2.24) is 4.31 Å². The minimum atomic E-state index is -3.43. The Balaban J connectivity index is 2.38. The second-order valence-electron chi connectivity index (χ2n) is 4.82. The highest BCUT2D eigenvalue weighted by Gasteiger charge is 2.42. The molecule has 6 heteroatoms. The van der Waals surface area contributed by atoms with Crippen LogP contribution < -0.4 is 5.32 Å². The summed E-state index contributed by atoms with van der Waals surface area (Å²) in [5.74, 6) is 0.489. The monoisotopic (exact) mass is 288 g/mol. The van der Waals surface area contributed by atoms with Crippen LogP contribution in [0.2, 0.25) is 0 Å². The summed E-state index contributed by atoms with van der Waals surface area (Å²) in [6.45, 7) is 0. The van der Waals surface area contributed by atoms with Gasteiger partial charge in [-0.3, -0.25) is 0 Å². The summed E-state index contributed by atoms with van der Waals surface area (Å²) < 4.78 is 25.6. The number of hydrogen-bond donors (Lipinski definition) is 1. The van der Waals surface area contributed by atoms with Gasteiger partial charge in [0, 0.05) is 20.0 Å². The molecule has 0 saturated heterocycles. The molecule has 1 aliphatic rings. The van der Waals surface area contributed by atoms with Gasteiger partial charge < -0.3 is 5.32 Å². The molecule has 0 aliphatic heterocycles. The molecule has 4 nitrogen and oxygen atoms in total. The van der Waals surface area contributed by atoms with Gasteiger partial charge in [-0.15, -0.1) is 11.6 Å². The molecule has 0 spiro atoms. The lowest BCUT2D eigenvalue weighted by Gasteiger charge is -2.20. The zero-order valence-corrected chi connectivity index (χ0v) is 12.1. The summed E-state index contributed by atoms with van der Waals surface area (Å²) in [5, 5.41) is 3.27. The summed E-state index contributed by atoms with van der Waals surface area (Å²) in [6, 6.07) is 6.94. The molecule has 0 amide bonds. The van der Waals surface area contributed by atoms with E-state index in [9.17, 15) is 8.42 Å². The third kappa shape index (κ3) is 2.48. The Hall–Kier alpha value is -0.780. The van der Waals surface area contributed by atoms with E-state index in [0.717, 1.165) is 12.8 Å². The predicted octanol–water partition coefficient (Wildman–Crippen LogP) is 2.12. The van der Waals surface area contributed by atoms with Crippen molar-refractivity contribution in [2.24, 2.45) is 0 Å². The van der Waals surface area contributed by atoms with E-state index in [2.05, 4.69) is 5.32 Å². The third-order valence-corrected chi connectivity index (χ3v) is 5.54. The molecule has 1 aromatic carbocycles. The minimum Gasteiger partial charge on any atom is -0.377 e. The number of benzene rings is 1. The largest absolute Gasteiger partial charge is 0.377 e. The van der Waals surface area contributed by atoms with Gasteiger partial charge in [0.1, 0.15) is 4.90 Å². The normalized spacial score (nSPS) is 17.8. The van der Waals surface area contributed by atoms with Gasteiger partial charge in [0.05, 0.1) is 11.2 Å². The number of sulfonamides is 1. The van der Waals surface area contributed by atoms with E-state index in [1.165, 1.54) is 18.4 Å². The summed E-state index contributed by atoms with van der Waals surface area (Å²) in [4.78, 5) is 0.298. The highest BCUT2D eigenvalue weighted by molar-refractivity contribution is 7.89. The number of anilines is 1. The van der Waals surface area contributed by atoms with E-state index in [0.29, 0.717) is 16.5 Å². The van der Waals surface area contributed by atoms with Crippen LogP contribution in [0, 0.1) is 0 Å². The molecule has 100 valence electrons. The van der Waals surface area contributed by atoms with Crippen LogP contribution in [0.25, 0.3) is 0 Å². The zero-order chi connectivity index (χ0) is 13.4. The van der Waals surface area contributed by atoms with Gasteiger partial charge >= 0.3 is 0 Å². The van der Waals surface area contributed by atoms with Gasteiger partial charge in [-0.2, -0.15) is 0 Å². The standard InChI is InChI=1S/C12H17ClN2O2S/c1-15(2)18(16,17)11-6-4-3-5-10(11)14-12(9-13)7-8-12/h3-6,14H,7-9H2,1-2H3. The molecular weight excluding hydrogens is 272 g/mol. The highest BCUT2D eigenvalue weighted by atomic mass is 35.5. The molecular formula is C12H17ClN2O2S. The van der Waals surface area contributed by atoms with Gasteiger partial charge in [0.25, 0.3) is 0 Å². The second kappa shape index (κ2) is 4.72. The molecule has 1 aromatic rings. The van der Waals surface area contributed by atoms with E-state index in [-0.39, 0.29) is 5.54 Å². The molecule has 0 radical (unpaired) electrons. The molecule has 0 atom stereocenters. The maximum atomic E-state index is 12.2. The van der Waals surface area contributed by atoms with Crippen LogP contribution in [0.3, 0.4) is 0 Å². The Morgan fingerprint density at radius 3 is 2.44 bits per heavy atom. The first kappa shape index (κ1) is 13.6. The summed E-state index contributed by atoms with van der Waals surface area (Å²) in [6.07, 6.45) is 1.96. The number of para-hydroxylation sites is 1. The molecule has 0 heterocycles. The molecule has 18 heavy (non-hydrogen) atoms. The van der Waals surface area contributed by atoms with Crippen molar-refractivity contribution in [3.8, 4) is 0 Å². The van der Waals surface area contributed by atoms with Crippen LogP contribution in [0.15, 0.2) is 29.2 Å². The number of alkyl halides is 1. The number of halogens is 1. The first-order valence-electron chi connectivity index (χ1n) is 5.77. The minimum absolute atomic E-state index is 0.126. The van der Waals surface area contributed by atoms with Crippen molar-refractivity contribution < 1.29 is 8.42 Å². The van der Waals surface area contributed by atoms with Crippen molar-refractivity contribution in [3.05, 3.63) is 24.3 Å². The first-order chi connectivity index (χ1) is 8.41. The van der Waals surface area contributed by atoms with E-state index in [1.807, 2.05) is 6.07 Å². The van der Waals surface area contributed by atoms with Gasteiger partial charge in [-0.05, 0) is 25.0 Å². The highest BCUT2D eigenvalue weighted by Crippen LogP contribution is 2.41. The summed E-state index contributed by atoms with van der Waals surface area (Å²) >= 11 is 5.91. The fourth-order valence-corrected chi connectivity index (χ4v) is 3.10. The van der Waals surface area contributed by atoms with Gasteiger partial charge in [-0.25, -0.2) is 12.7 Å². The summed E-state index contributed by atoms with van der Waals surface area (Å²) in [7, 11) is -0.376. The second-order valence-corrected chi connectivity index (χ2v) is 7.21. The van der Waals surface area contributed by atoms with Crippen molar-refractivity contribution in [3.63, 3.8) is 0 Å². The average Bonchev–Trinajstić information content (AvgIpc) is 3.10. The Kier molecular flexibility index (Phi) is 3.58. The SMILES string of the molecule is CN(C)S(=O)(=O)c1ccccc1NC1(CCl)CC1. The molecule has 1 N–H and O–H groups in total. The lowest BCUT2D eigenvalue weighted by molar-refractivity contribution is 0.521. The predicted molar refractivity (Wildman–Crippen MR) is 73.6 cm³/mol. The van der Waals surface area contributed by atoms with Crippen LogP contribution in [0.1, 0.15) is 12.8 Å². The molecule has 0 aromatic heterocycles. The van der Waals surface area contributed by atoms with Crippen LogP contribution in [0.4, 0.5) is 5.69 Å². The smallest absolute Gasteiger partial charge is 0.244 e. The number of rotatable bonds is 5. The van der Waals surface area contributed by atoms with E-state index >= 15 is 0 Å². The Labute approximate surface area is 113 Å². The van der Waals surface area contributed by atoms with Crippen molar-refractivity contribution >= 4 is 27.3 Å². The first-order valence-corrected chi connectivity index (χ1v) is 7.74.